The molecule has 1 fully saturated rings. The Morgan fingerprint density at radius 1 is 1.31 bits per heavy atom. The van der Waals surface area contributed by atoms with Gasteiger partial charge in [0.1, 0.15) is 21.0 Å². The number of nitrogens with one attached hydrogen (secondary N) is 1. The largest absolute Gasteiger partial charge is 0.371 e. The first-order chi connectivity index (χ1) is 12.6. The molecule has 1 amide bonds. The molecule has 1 aromatic carbocycles. The molecule has 1 saturated heterocycles. The molecule has 0 aliphatic carbocycles. The Labute approximate surface area is 163 Å². The lowest BCUT2D eigenvalue weighted by atomic mass is 10.2. The van der Waals surface area contributed by atoms with Gasteiger partial charge >= 0.3 is 0 Å². The van der Waals surface area contributed by atoms with Crippen LogP contribution in [0.25, 0.3) is 10.6 Å². The third kappa shape index (κ3) is 3.50. The zero-order chi connectivity index (χ0) is 18.1. The number of halogens is 1. The summed E-state index contributed by atoms with van der Waals surface area (Å²) < 4.78 is 5.60. The van der Waals surface area contributed by atoms with E-state index in [0.717, 1.165) is 35.0 Å². The molecule has 4 rings (SSSR count). The molecular formula is C17H15ClN4O2S2. The molecule has 0 bridgehead atoms. The van der Waals surface area contributed by atoms with E-state index < -0.39 is 0 Å². The third-order valence-corrected chi connectivity index (χ3v) is 6.42. The summed E-state index contributed by atoms with van der Waals surface area (Å²) in [5, 5.41) is 13.6. The van der Waals surface area contributed by atoms with Crippen LogP contribution in [0.1, 0.15) is 39.3 Å². The summed E-state index contributed by atoms with van der Waals surface area (Å²) in [4.78, 5) is 17.7. The highest BCUT2D eigenvalue weighted by atomic mass is 35.5. The molecule has 6 nitrogen and oxygen atoms in total. The molecule has 26 heavy (non-hydrogen) atoms. The monoisotopic (exact) mass is 406 g/mol. The van der Waals surface area contributed by atoms with E-state index in [-0.39, 0.29) is 12.0 Å². The van der Waals surface area contributed by atoms with E-state index in [1.165, 1.54) is 22.7 Å². The number of amides is 1. The van der Waals surface area contributed by atoms with Crippen LogP contribution in [-0.2, 0) is 4.74 Å². The summed E-state index contributed by atoms with van der Waals surface area (Å²) in [5.74, 6) is -0.242. The maximum atomic E-state index is 12.6. The number of anilines is 1. The van der Waals surface area contributed by atoms with Gasteiger partial charge in [-0.1, -0.05) is 41.1 Å². The van der Waals surface area contributed by atoms with Crippen molar-refractivity contribution in [2.24, 2.45) is 0 Å². The Morgan fingerprint density at radius 2 is 2.15 bits per heavy atom. The zero-order valence-electron chi connectivity index (χ0n) is 13.9. The van der Waals surface area contributed by atoms with E-state index in [1.54, 1.807) is 6.07 Å². The van der Waals surface area contributed by atoms with E-state index in [4.69, 9.17) is 16.3 Å². The van der Waals surface area contributed by atoms with E-state index in [0.29, 0.717) is 20.7 Å². The van der Waals surface area contributed by atoms with Crippen molar-refractivity contribution in [2.75, 3.05) is 11.9 Å². The Morgan fingerprint density at radius 3 is 2.92 bits per heavy atom. The van der Waals surface area contributed by atoms with Gasteiger partial charge in [0.05, 0.1) is 10.7 Å². The molecule has 3 heterocycles. The number of carbonyl (C=O) groups excluding carboxylic acids is 1. The number of hydrogen-bond donors (Lipinski definition) is 1. The number of hydrogen-bond acceptors (Lipinski definition) is 7. The van der Waals surface area contributed by atoms with Gasteiger partial charge in [-0.2, -0.15) is 0 Å². The topological polar surface area (TPSA) is 77.0 Å². The molecule has 1 aliphatic heterocycles. The predicted molar refractivity (Wildman–Crippen MR) is 103 cm³/mol. The number of benzene rings is 1. The summed E-state index contributed by atoms with van der Waals surface area (Å²) in [6, 6.07) is 7.45. The van der Waals surface area contributed by atoms with Gasteiger partial charge in [0.2, 0.25) is 5.13 Å². The van der Waals surface area contributed by atoms with E-state index in [1.807, 2.05) is 25.1 Å². The number of nitrogens with zero attached hydrogens (tertiary/aromatic N) is 3. The summed E-state index contributed by atoms with van der Waals surface area (Å²) in [6.07, 6.45) is 1.96. The second-order valence-corrected chi connectivity index (χ2v) is 8.23. The van der Waals surface area contributed by atoms with Crippen molar-refractivity contribution in [3.8, 4) is 10.6 Å². The number of aromatic nitrogens is 3. The van der Waals surface area contributed by atoms with Crippen LogP contribution in [0.15, 0.2) is 24.3 Å². The Kier molecular flexibility index (Phi) is 4.99. The second kappa shape index (κ2) is 7.40. The minimum atomic E-state index is -0.242. The molecule has 0 spiro atoms. The lowest BCUT2D eigenvalue weighted by Gasteiger charge is -2.02. The van der Waals surface area contributed by atoms with Crippen molar-refractivity contribution in [1.82, 2.24) is 15.2 Å². The number of rotatable bonds is 4. The maximum Gasteiger partial charge on any atom is 0.269 e. The van der Waals surface area contributed by atoms with Crippen LogP contribution in [0.5, 0.6) is 0 Å². The quantitative estimate of drug-likeness (QED) is 0.677. The molecule has 9 heteroatoms. The van der Waals surface area contributed by atoms with Crippen LogP contribution >= 0.6 is 34.3 Å². The number of aryl methyl sites for hydroxylation is 1. The van der Waals surface area contributed by atoms with Crippen molar-refractivity contribution < 1.29 is 9.53 Å². The molecule has 1 atom stereocenters. The first-order valence-corrected chi connectivity index (χ1v) is 10.1. The van der Waals surface area contributed by atoms with Crippen molar-refractivity contribution in [1.29, 1.82) is 0 Å². The maximum absolute atomic E-state index is 12.6. The van der Waals surface area contributed by atoms with Crippen molar-refractivity contribution >= 4 is 45.3 Å². The third-order valence-electron chi connectivity index (χ3n) is 3.97. The Balaban J connectivity index is 1.53. The fourth-order valence-electron chi connectivity index (χ4n) is 2.70. The van der Waals surface area contributed by atoms with Gasteiger partial charge in [0.15, 0.2) is 0 Å². The summed E-state index contributed by atoms with van der Waals surface area (Å²) in [7, 11) is 0. The minimum absolute atomic E-state index is 0.00452. The Hall–Kier alpha value is -1.87. The molecular weight excluding hydrogens is 392 g/mol. The van der Waals surface area contributed by atoms with Gasteiger partial charge in [-0.05, 0) is 25.8 Å². The van der Waals surface area contributed by atoms with Gasteiger partial charge < -0.3 is 4.74 Å². The average molecular weight is 407 g/mol. The lowest BCUT2D eigenvalue weighted by molar-refractivity contribution is 0.102. The fraction of sp³-hybridized carbons (Fsp3) is 0.294. The first kappa shape index (κ1) is 17.5. The van der Waals surface area contributed by atoms with Crippen LogP contribution in [0.2, 0.25) is 5.02 Å². The molecule has 0 saturated carbocycles. The van der Waals surface area contributed by atoms with Gasteiger partial charge in [0, 0.05) is 12.2 Å². The average Bonchev–Trinajstić information content (AvgIpc) is 3.35. The smallest absolute Gasteiger partial charge is 0.269 e. The molecule has 3 aromatic rings. The number of carbonyl (C=O) groups is 1. The summed E-state index contributed by atoms with van der Waals surface area (Å²) in [5.41, 5.74) is 1.48. The van der Waals surface area contributed by atoms with Gasteiger partial charge in [-0.25, -0.2) is 4.98 Å². The van der Waals surface area contributed by atoms with E-state index in [2.05, 4.69) is 20.5 Å². The minimum Gasteiger partial charge on any atom is -0.371 e. The fourth-order valence-corrected chi connectivity index (χ4v) is 4.80. The molecule has 1 aliphatic rings. The molecule has 0 unspecified atom stereocenters. The van der Waals surface area contributed by atoms with Crippen LogP contribution < -0.4 is 5.32 Å². The van der Waals surface area contributed by atoms with Crippen LogP contribution in [0, 0.1) is 6.92 Å². The standard InChI is InChI=1S/C17H15ClN4O2S2/c1-9-13(25-15(19-9)10-5-2-3-6-11(10)18)14(23)20-17-22-21-16(26-17)12-7-4-8-24-12/h2-3,5-6,12H,4,7-8H2,1H3,(H,20,22,23)/t12-/m1/s1. The number of ether oxygens (including phenoxy) is 1. The molecule has 0 radical (unpaired) electrons. The summed E-state index contributed by atoms with van der Waals surface area (Å²) >= 11 is 8.89. The van der Waals surface area contributed by atoms with Crippen molar-refractivity contribution in [3.63, 3.8) is 0 Å². The predicted octanol–water partition coefficient (Wildman–Crippen LogP) is 4.73. The summed E-state index contributed by atoms with van der Waals surface area (Å²) in [6.45, 7) is 2.56. The second-order valence-electron chi connectivity index (χ2n) is 5.81. The van der Waals surface area contributed by atoms with Gasteiger partial charge in [-0.3, -0.25) is 10.1 Å². The zero-order valence-corrected chi connectivity index (χ0v) is 16.2. The van der Waals surface area contributed by atoms with E-state index >= 15 is 0 Å². The molecule has 2 aromatic heterocycles. The first-order valence-electron chi connectivity index (χ1n) is 8.10. The molecule has 134 valence electrons. The van der Waals surface area contributed by atoms with Crippen LogP contribution in [-0.4, -0.2) is 27.7 Å². The van der Waals surface area contributed by atoms with Gasteiger partial charge in [-0.15, -0.1) is 21.5 Å². The van der Waals surface area contributed by atoms with Crippen molar-refractivity contribution in [3.05, 3.63) is 44.9 Å². The highest BCUT2D eigenvalue weighted by molar-refractivity contribution is 7.17. The highest BCUT2D eigenvalue weighted by Gasteiger charge is 2.23. The number of thiazole rings is 1. The highest BCUT2D eigenvalue weighted by Crippen LogP contribution is 2.34. The van der Waals surface area contributed by atoms with E-state index in [9.17, 15) is 4.79 Å². The van der Waals surface area contributed by atoms with Crippen LogP contribution in [0.4, 0.5) is 5.13 Å². The Bertz CT molecular complexity index is 950. The van der Waals surface area contributed by atoms with Crippen molar-refractivity contribution in [2.45, 2.75) is 25.9 Å². The molecule has 1 N–H and O–H groups in total. The van der Waals surface area contributed by atoms with Crippen LogP contribution in [0.3, 0.4) is 0 Å². The SMILES string of the molecule is Cc1nc(-c2ccccc2Cl)sc1C(=O)Nc1nnc([C@H]2CCCO2)s1. The van der Waals surface area contributed by atoms with Gasteiger partial charge in [0.25, 0.3) is 5.91 Å². The normalized spacial score (nSPS) is 16.8. The lowest BCUT2D eigenvalue weighted by Crippen LogP contribution is -2.11.